The third kappa shape index (κ3) is 7.79. The van der Waals surface area contributed by atoms with Crippen molar-refractivity contribution in [2.45, 2.75) is 13.3 Å². The Morgan fingerprint density at radius 3 is 2.48 bits per heavy atom. The molecule has 0 saturated heterocycles. The summed E-state index contributed by atoms with van der Waals surface area (Å²) >= 11 is 0. The quantitative estimate of drug-likeness (QED) is 0.290. The van der Waals surface area contributed by atoms with Crippen LogP contribution in [0.4, 0.5) is 10.1 Å². The van der Waals surface area contributed by atoms with E-state index in [1.165, 1.54) is 24.4 Å². The summed E-state index contributed by atoms with van der Waals surface area (Å²) in [6.07, 6.45) is 0.869. The summed E-state index contributed by atoms with van der Waals surface area (Å²) in [5, 5.41) is 6.06. The molecule has 0 aromatic heterocycles. The first-order chi connectivity index (χ1) is 14.0. The average molecular weight is 401 g/mol. The molecular weight excluding hydrogens is 381 g/mol. The van der Waals surface area contributed by atoms with E-state index in [0.717, 1.165) is 0 Å². The summed E-state index contributed by atoms with van der Waals surface area (Å²) < 4.78 is 23.5. The zero-order valence-electron chi connectivity index (χ0n) is 15.7. The monoisotopic (exact) mass is 401 g/mol. The van der Waals surface area contributed by atoms with Crippen LogP contribution >= 0.6 is 0 Å². The highest BCUT2D eigenvalue weighted by Gasteiger charge is 2.11. The molecule has 0 fully saturated rings. The number of benzene rings is 2. The number of nitrogens with zero attached hydrogens (tertiary/aromatic N) is 1. The van der Waals surface area contributed by atoms with Crippen LogP contribution < -0.4 is 15.5 Å². The van der Waals surface area contributed by atoms with E-state index in [-0.39, 0.29) is 18.9 Å². The van der Waals surface area contributed by atoms with Gasteiger partial charge in [0.1, 0.15) is 18.0 Å². The van der Waals surface area contributed by atoms with Gasteiger partial charge in [0.2, 0.25) is 11.8 Å². The second-order valence-corrected chi connectivity index (χ2v) is 5.66. The lowest BCUT2D eigenvalue weighted by molar-refractivity contribution is -0.145. The Bertz CT molecular complexity index is 884. The highest BCUT2D eigenvalue weighted by atomic mass is 19.1. The van der Waals surface area contributed by atoms with Crippen molar-refractivity contribution < 1.29 is 28.2 Å². The second kappa shape index (κ2) is 11.2. The van der Waals surface area contributed by atoms with Gasteiger partial charge in [0.15, 0.2) is 6.61 Å². The molecule has 2 aromatic rings. The van der Waals surface area contributed by atoms with Gasteiger partial charge < -0.3 is 14.8 Å². The molecule has 2 rings (SSSR count). The number of carbonyl (C=O) groups excluding carboxylic acids is 3. The smallest absolute Gasteiger partial charge is 0.344 e. The molecule has 8 nitrogen and oxygen atoms in total. The number of carbonyl (C=O) groups is 3. The summed E-state index contributed by atoms with van der Waals surface area (Å²) in [6.45, 7) is 1.81. The zero-order valence-corrected chi connectivity index (χ0v) is 15.7. The van der Waals surface area contributed by atoms with Crippen molar-refractivity contribution in [3.8, 4) is 5.75 Å². The summed E-state index contributed by atoms with van der Waals surface area (Å²) in [7, 11) is 0. The third-order valence-corrected chi connectivity index (χ3v) is 3.41. The Morgan fingerprint density at radius 1 is 1.07 bits per heavy atom. The normalized spacial score (nSPS) is 10.4. The van der Waals surface area contributed by atoms with Gasteiger partial charge in [-0.15, -0.1) is 0 Å². The van der Waals surface area contributed by atoms with Crippen molar-refractivity contribution in [1.29, 1.82) is 0 Å². The maximum atomic E-state index is 13.5. The van der Waals surface area contributed by atoms with Crippen molar-refractivity contribution in [2.24, 2.45) is 5.10 Å². The van der Waals surface area contributed by atoms with Crippen LogP contribution in [0, 0.1) is 5.82 Å². The van der Waals surface area contributed by atoms with E-state index in [1.807, 2.05) is 0 Å². The van der Waals surface area contributed by atoms with Crippen molar-refractivity contribution in [3.63, 3.8) is 0 Å². The highest BCUT2D eigenvalue weighted by molar-refractivity contribution is 6.03. The number of halogens is 1. The molecule has 2 amide bonds. The Hall–Kier alpha value is -3.75. The maximum Gasteiger partial charge on any atom is 0.344 e. The van der Waals surface area contributed by atoms with E-state index < -0.39 is 30.0 Å². The minimum atomic E-state index is -0.661. The van der Waals surface area contributed by atoms with Crippen LogP contribution in [-0.4, -0.2) is 37.2 Å². The molecule has 2 N–H and O–H groups in total. The fraction of sp³-hybridized carbons (Fsp3) is 0.200. The lowest BCUT2D eigenvalue weighted by Crippen LogP contribution is -2.24. The largest absolute Gasteiger partial charge is 0.482 e. The predicted octanol–water partition coefficient (Wildman–Crippen LogP) is 2.25. The molecule has 0 aliphatic heterocycles. The summed E-state index contributed by atoms with van der Waals surface area (Å²) in [4.78, 5) is 34.7. The summed E-state index contributed by atoms with van der Waals surface area (Å²) in [5.74, 6) is -1.88. The van der Waals surface area contributed by atoms with E-state index in [9.17, 15) is 18.8 Å². The number of anilines is 1. The molecule has 0 unspecified atom stereocenters. The van der Waals surface area contributed by atoms with Gasteiger partial charge in [-0.05, 0) is 48.9 Å². The van der Waals surface area contributed by atoms with Gasteiger partial charge >= 0.3 is 5.97 Å². The Kier molecular flexibility index (Phi) is 8.30. The van der Waals surface area contributed by atoms with Crippen LogP contribution in [0.15, 0.2) is 53.6 Å². The van der Waals surface area contributed by atoms with Gasteiger partial charge in [-0.3, -0.25) is 9.59 Å². The molecule has 0 heterocycles. The number of nitrogens with one attached hydrogen (secondary N) is 2. The van der Waals surface area contributed by atoms with E-state index in [2.05, 4.69) is 15.8 Å². The number of hydrazone groups is 1. The van der Waals surface area contributed by atoms with Crippen LogP contribution in [-0.2, 0) is 19.1 Å². The number of para-hydroxylation sites is 1. The van der Waals surface area contributed by atoms with Crippen LogP contribution in [0.1, 0.15) is 18.9 Å². The molecule has 0 radical (unpaired) electrons. The van der Waals surface area contributed by atoms with Crippen molar-refractivity contribution >= 4 is 29.7 Å². The van der Waals surface area contributed by atoms with E-state index in [4.69, 9.17) is 9.47 Å². The summed E-state index contributed by atoms with van der Waals surface area (Å²) in [6, 6.07) is 12.2. The minimum Gasteiger partial charge on any atom is -0.482 e. The van der Waals surface area contributed by atoms with Crippen molar-refractivity contribution in [1.82, 2.24) is 5.43 Å². The molecule has 2 aromatic carbocycles. The fourth-order valence-electron chi connectivity index (χ4n) is 2.12. The topological polar surface area (TPSA) is 106 Å². The molecule has 29 heavy (non-hydrogen) atoms. The van der Waals surface area contributed by atoms with E-state index in [1.54, 1.807) is 37.3 Å². The maximum absolute atomic E-state index is 13.5. The van der Waals surface area contributed by atoms with Gasteiger partial charge in [-0.25, -0.2) is 14.6 Å². The standard InChI is InChI=1S/C20H20FN3O5/c1-2-28-20(27)13-29-15-9-7-14(8-10-15)12-22-24-19(26)11-18(25)23-17-6-4-3-5-16(17)21/h3-10,12H,2,11,13H2,1H3,(H,23,25)(H,24,26). The molecule has 9 heteroatoms. The highest BCUT2D eigenvalue weighted by Crippen LogP contribution is 2.13. The number of ether oxygens (including phenoxy) is 2. The molecular formula is C20H20FN3O5. The molecule has 152 valence electrons. The van der Waals surface area contributed by atoms with Gasteiger partial charge in [0.05, 0.1) is 18.5 Å². The van der Waals surface area contributed by atoms with Gasteiger partial charge in [-0.2, -0.15) is 5.10 Å². The van der Waals surface area contributed by atoms with Crippen LogP contribution in [0.3, 0.4) is 0 Å². The van der Waals surface area contributed by atoms with Gasteiger partial charge in [0, 0.05) is 0 Å². The van der Waals surface area contributed by atoms with Crippen molar-refractivity contribution in [3.05, 3.63) is 59.9 Å². The molecule has 0 atom stereocenters. The Labute approximate surface area is 166 Å². The molecule has 0 aliphatic rings. The zero-order chi connectivity index (χ0) is 21.1. The number of esters is 1. The Morgan fingerprint density at radius 2 is 1.79 bits per heavy atom. The lowest BCUT2D eigenvalue weighted by Gasteiger charge is -2.06. The Balaban J connectivity index is 1.75. The molecule has 0 bridgehead atoms. The summed E-state index contributed by atoms with van der Waals surface area (Å²) in [5.41, 5.74) is 2.87. The van der Waals surface area contributed by atoms with Crippen LogP contribution in [0.2, 0.25) is 0 Å². The van der Waals surface area contributed by atoms with Crippen LogP contribution in [0.5, 0.6) is 5.75 Å². The van der Waals surface area contributed by atoms with Crippen molar-refractivity contribution in [2.75, 3.05) is 18.5 Å². The first-order valence-corrected chi connectivity index (χ1v) is 8.72. The third-order valence-electron chi connectivity index (χ3n) is 3.41. The SMILES string of the molecule is CCOC(=O)COc1ccc(C=NNC(=O)CC(=O)Nc2ccccc2F)cc1. The first-order valence-electron chi connectivity index (χ1n) is 8.72. The van der Waals surface area contributed by atoms with Gasteiger partial charge in [-0.1, -0.05) is 12.1 Å². The molecule has 0 spiro atoms. The number of rotatable bonds is 9. The molecule has 0 saturated carbocycles. The van der Waals surface area contributed by atoms with E-state index in [0.29, 0.717) is 11.3 Å². The number of hydrogen-bond acceptors (Lipinski definition) is 6. The first kappa shape index (κ1) is 21.5. The second-order valence-electron chi connectivity index (χ2n) is 5.66. The lowest BCUT2D eigenvalue weighted by atomic mass is 10.2. The number of amides is 2. The minimum absolute atomic E-state index is 0.000864. The average Bonchev–Trinajstić information content (AvgIpc) is 2.69. The van der Waals surface area contributed by atoms with Crippen LogP contribution in [0.25, 0.3) is 0 Å². The predicted molar refractivity (Wildman–Crippen MR) is 104 cm³/mol. The fourth-order valence-corrected chi connectivity index (χ4v) is 2.12. The van der Waals surface area contributed by atoms with E-state index >= 15 is 0 Å². The number of hydrogen-bond donors (Lipinski definition) is 2. The van der Waals surface area contributed by atoms with Gasteiger partial charge in [0.25, 0.3) is 0 Å². The molecule has 0 aliphatic carbocycles.